The summed E-state index contributed by atoms with van der Waals surface area (Å²) in [5.74, 6) is -0.0274. The molecule has 4 heteroatoms. The molecule has 0 unspecified atom stereocenters. The molecule has 0 fully saturated rings. The summed E-state index contributed by atoms with van der Waals surface area (Å²) >= 11 is 5.89. The molecule has 3 nitrogen and oxygen atoms in total. The van der Waals surface area contributed by atoms with Crippen LogP contribution in [0.3, 0.4) is 0 Å². The average Bonchev–Trinajstić information content (AvgIpc) is 2.31. The van der Waals surface area contributed by atoms with Gasteiger partial charge in [0.15, 0.2) is 5.78 Å². The lowest BCUT2D eigenvalue weighted by atomic mass is 10.1. The second-order valence-electron chi connectivity index (χ2n) is 3.32. The van der Waals surface area contributed by atoms with Crippen LogP contribution in [0.2, 0.25) is 5.02 Å². The zero-order valence-corrected chi connectivity index (χ0v) is 9.19. The van der Waals surface area contributed by atoms with Crippen LogP contribution >= 0.6 is 11.6 Å². The van der Waals surface area contributed by atoms with E-state index in [9.17, 15) is 4.79 Å². The van der Waals surface area contributed by atoms with E-state index >= 15 is 0 Å². The van der Waals surface area contributed by atoms with E-state index in [1.54, 1.807) is 30.7 Å². The largest absolute Gasteiger partial charge is 0.294 e. The summed E-state index contributed by atoms with van der Waals surface area (Å²) in [6.45, 7) is 0. The van der Waals surface area contributed by atoms with E-state index in [1.807, 2.05) is 6.07 Å². The molecule has 80 valence electrons. The van der Waals surface area contributed by atoms with Gasteiger partial charge in [-0.3, -0.25) is 14.8 Å². The van der Waals surface area contributed by atoms with Crippen molar-refractivity contribution in [1.29, 1.82) is 0 Å². The first-order chi connectivity index (χ1) is 7.77. The molecule has 0 N–H and O–H groups in total. The number of Topliss-reactive ketones (excluding diaryl/α,β-unsaturated/α-hetero) is 1. The summed E-state index contributed by atoms with van der Waals surface area (Å²) < 4.78 is 0. The Hall–Kier alpha value is -1.74. The van der Waals surface area contributed by atoms with Crippen LogP contribution in [-0.4, -0.2) is 15.8 Å². The quantitative estimate of drug-likeness (QED) is 0.764. The minimum atomic E-state index is -0.0274. The number of carbonyl (C=O) groups excluding carboxylic acids is 1. The number of rotatable bonds is 3. The molecule has 2 aromatic rings. The highest BCUT2D eigenvalue weighted by Crippen LogP contribution is 2.15. The molecule has 0 radical (unpaired) electrons. The highest BCUT2D eigenvalue weighted by molar-refractivity contribution is 6.33. The fourth-order valence-electron chi connectivity index (χ4n) is 1.38. The molecule has 2 rings (SSSR count). The van der Waals surface area contributed by atoms with Crippen molar-refractivity contribution in [1.82, 2.24) is 9.97 Å². The molecule has 0 aromatic carbocycles. The Morgan fingerprint density at radius 1 is 1.19 bits per heavy atom. The van der Waals surface area contributed by atoms with Crippen LogP contribution < -0.4 is 0 Å². The van der Waals surface area contributed by atoms with Gasteiger partial charge in [-0.25, -0.2) is 0 Å². The van der Waals surface area contributed by atoms with Crippen molar-refractivity contribution in [3.8, 4) is 0 Å². The molecule has 0 spiro atoms. The van der Waals surface area contributed by atoms with Gasteiger partial charge in [0.2, 0.25) is 0 Å². The fourth-order valence-corrected chi connectivity index (χ4v) is 1.61. The molecule has 0 saturated heterocycles. The molecule has 0 aliphatic carbocycles. The van der Waals surface area contributed by atoms with Crippen LogP contribution in [0, 0.1) is 0 Å². The van der Waals surface area contributed by atoms with Crippen molar-refractivity contribution in [3.05, 3.63) is 59.1 Å². The third kappa shape index (κ3) is 2.44. The van der Waals surface area contributed by atoms with Crippen molar-refractivity contribution in [2.24, 2.45) is 0 Å². The molecular weight excluding hydrogens is 224 g/mol. The molecule has 2 aromatic heterocycles. The Balaban J connectivity index is 2.19. The highest BCUT2D eigenvalue weighted by atomic mass is 35.5. The molecular formula is C12H9ClN2O. The maximum Gasteiger partial charge on any atom is 0.168 e. The van der Waals surface area contributed by atoms with Gasteiger partial charge in [0.1, 0.15) is 0 Å². The fraction of sp³-hybridized carbons (Fsp3) is 0.0833. The summed E-state index contributed by atoms with van der Waals surface area (Å²) in [5.41, 5.74) is 1.38. The van der Waals surface area contributed by atoms with Gasteiger partial charge < -0.3 is 0 Å². The first-order valence-electron chi connectivity index (χ1n) is 4.79. The third-order valence-electron chi connectivity index (χ3n) is 2.16. The zero-order valence-electron chi connectivity index (χ0n) is 8.43. The molecule has 0 bridgehead atoms. The van der Waals surface area contributed by atoms with E-state index in [4.69, 9.17) is 11.6 Å². The number of hydrogen-bond donors (Lipinski definition) is 0. The van der Waals surface area contributed by atoms with Gasteiger partial charge in [-0.15, -0.1) is 0 Å². The van der Waals surface area contributed by atoms with Gasteiger partial charge >= 0.3 is 0 Å². The summed E-state index contributed by atoms with van der Waals surface area (Å²) in [7, 11) is 0. The number of ketones is 1. The molecule has 0 saturated carbocycles. The SMILES string of the molecule is O=C(Cc1cccnc1)c1ccncc1Cl. The Kier molecular flexibility index (Phi) is 3.27. The van der Waals surface area contributed by atoms with Crippen molar-refractivity contribution < 1.29 is 4.79 Å². The van der Waals surface area contributed by atoms with E-state index in [-0.39, 0.29) is 5.78 Å². The van der Waals surface area contributed by atoms with Crippen molar-refractivity contribution in [2.45, 2.75) is 6.42 Å². The third-order valence-corrected chi connectivity index (χ3v) is 2.46. The molecule has 0 amide bonds. The first kappa shape index (κ1) is 10.8. The van der Waals surface area contributed by atoms with Crippen LogP contribution in [0.5, 0.6) is 0 Å². The highest BCUT2D eigenvalue weighted by Gasteiger charge is 2.10. The number of carbonyl (C=O) groups is 1. The Labute approximate surface area is 98.1 Å². The standard InChI is InChI=1S/C12H9ClN2O/c13-11-8-15-5-3-10(11)12(16)6-9-2-1-4-14-7-9/h1-5,7-8H,6H2. The lowest BCUT2D eigenvalue weighted by Gasteiger charge is -2.02. The average molecular weight is 233 g/mol. The number of nitrogens with zero attached hydrogens (tertiary/aromatic N) is 2. The van der Waals surface area contributed by atoms with E-state index in [1.165, 1.54) is 6.20 Å². The van der Waals surface area contributed by atoms with Crippen LogP contribution in [0.25, 0.3) is 0 Å². The monoisotopic (exact) mass is 232 g/mol. The maximum atomic E-state index is 11.9. The maximum absolute atomic E-state index is 11.9. The van der Waals surface area contributed by atoms with Crippen LogP contribution in [0.15, 0.2) is 43.0 Å². The van der Waals surface area contributed by atoms with E-state index < -0.39 is 0 Å². The summed E-state index contributed by atoms with van der Waals surface area (Å²) in [6.07, 6.45) is 6.68. The lowest BCUT2D eigenvalue weighted by molar-refractivity contribution is 0.0993. The van der Waals surface area contributed by atoms with E-state index in [2.05, 4.69) is 9.97 Å². The number of aromatic nitrogens is 2. The second-order valence-corrected chi connectivity index (χ2v) is 3.72. The second kappa shape index (κ2) is 4.86. The van der Waals surface area contributed by atoms with Gasteiger partial charge in [-0.2, -0.15) is 0 Å². The van der Waals surface area contributed by atoms with Gasteiger partial charge in [-0.1, -0.05) is 17.7 Å². The van der Waals surface area contributed by atoms with Crippen LogP contribution in [0.1, 0.15) is 15.9 Å². The summed E-state index contributed by atoms with van der Waals surface area (Å²) in [5, 5.41) is 0.386. The number of pyridine rings is 2. The van der Waals surface area contributed by atoms with Gasteiger partial charge in [0, 0.05) is 36.8 Å². The smallest absolute Gasteiger partial charge is 0.168 e. The van der Waals surface area contributed by atoms with Gasteiger partial charge in [-0.05, 0) is 17.7 Å². The van der Waals surface area contributed by atoms with Crippen LogP contribution in [-0.2, 0) is 6.42 Å². The zero-order chi connectivity index (χ0) is 11.4. The first-order valence-corrected chi connectivity index (χ1v) is 5.17. The van der Waals surface area contributed by atoms with Crippen molar-refractivity contribution in [3.63, 3.8) is 0 Å². The summed E-state index contributed by atoms with van der Waals surface area (Å²) in [6, 6.07) is 5.29. The Morgan fingerprint density at radius 2 is 2.00 bits per heavy atom. The molecule has 16 heavy (non-hydrogen) atoms. The predicted molar refractivity (Wildman–Crippen MR) is 61.5 cm³/mol. The lowest BCUT2D eigenvalue weighted by Crippen LogP contribution is -2.04. The minimum Gasteiger partial charge on any atom is -0.294 e. The van der Waals surface area contributed by atoms with Crippen molar-refractivity contribution in [2.75, 3.05) is 0 Å². The molecule has 0 aliphatic heterocycles. The molecule has 2 heterocycles. The predicted octanol–water partition coefficient (Wildman–Crippen LogP) is 2.56. The van der Waals surface area contributed by atoms with Crippen molar-refractivity contribution >= 4 is 17.4 Å². The van der Waals surface area contributed by atoms with E-state index in [0.29, 0.717) is 17.0 Å². The Bertz CT molecular complexity index is 499. The van der Waals surface area contributed by atoms with Crippen LogP contribution in [0.4, 0.5) is 0 Å². The molecule has 0 aliphatic rings. The van der Waals surface area contributed by atoms with Gasteiger partial charge in [0.05, 0.1) is 5.02 Å². The van der Waals surface area contributed by atoms with E-state index in [0.717, 1.165) is 5.56 Å². The Morgan fingerprint density at radius 3 is 2.69 bits per heavy atom. The summed E-state index contributed by atoms with van der Waals surface area (Å²) in [4.78, 5) is 19.7. The number of halogens is 1. The minimum absolute atomic E-state index is 0.0274. The topological polar surface area (TPSA) is 42.9 Å². The number of hydrogen-bond acceptors (Lipinski definition) is 3. The normalized spacial score (nSPS) is 10.1. The molecule has 0 atom stereocenters. The van der Waals surface area contributed by atoms with Gasteiger partial charge in [0.25, 0.3) is 0 Å².